The molecule has 11 heteroatoms. The Bertz CT molecular complexity index is 1000. The molecule has 7 nitrogen and oxygen atoms in total. The van der Waals surface area contributed by atoms with Crippen LogP contribution < -0.4 is 15.4 Å². The van der Waals surface area contributed by atoms with E-state index in [0.29, 0.717) is 12.1 Å². The second-order valence-electron chi connectivity index (χ2n) is 5.81. The molecule has 0 aliphatic carbocycles. The van der Waals surface area contributed by atoms with Crippen LogP contribution in [-0.4, -0.2) is 39.9 Å². The number of benzene rings is 2. The number of carbonyl (C=O) groups excluding carboxylic acids is 2. The summed E-state index contributed by atoms with van der Waals surface area (Å²) in [4.78, 5) is 23.0. The molecule has 2 aromatic carbocycles. The first-order valence-electron chi connectivity index (χ1n) is 8.45. The fourth-order valence-corrected chi connectivity index (χ4v) is 3.28. The normalized spacial score (nSPS) is 11.1. The van der Waals surface area contributed by atoms with Gasteiger partial charge in [-0.2, -0.15) is 0 Å². The second kappa shape index (κ2) is 10.0. The van der Waals surface area contributed by atoms with Gasteiger partial charge in [-0.3, -0.25) is 9.59 Å². The summed E-state index contributed by atoms with van der Waals surface area (Å²) in [5.41, 5.74) is -0.120. The number of amides is 2. The van der Waals surface area contributed by atoms with Crippen LogP contribution in [0.2, 0.25) is 0 Å². The molecule has 0 unspecified atom stereocenters. The summed E-state index contributed by atoms with van der Waals surface area (Å²) in [5, 5.41) is 4.89. The molecule has 0 atom stereocenters. The van der Waals surface area contributed by atoms with E-state index in [1.807, 2.05) is 0 Å². The van der Waals surface area contributed by atoms with Gasteiger partial charge < -0.3 is 10.6 Å². The van der Waals surface area contributed by atoms with Crippen LogP contribution in [0, 0.1) is 17.5 Å². The summed E-state index contributed by atoms with van der Waals surface area (Å²) >= 11 is 0. The summed E-state index contributed by atoms with van der Waals surface area (Å²) in [6.07, 6.45) is -0.218. The van der Waals surface area contributed by atoms with Gasteiger partial charge in [0.1, 0.15) is 5.82 Å². The number of halogens is 3. The van der Waals surface area contributed by atoms with Gasteiger partial charge >= 0.3 is 0 Å². The molecule has 29 heavy (non-hydrogen) atoms. The molecular weight excluding hydrogens is 411 g/mol. The maximum atomic E-state index is 13.5. The van der Waals surface area contributed by atoms with E-state index in [1.54, 1.807) is 0 Å². The second-order valence-corrected chi connectivity index (χ2v) is 7.58. The average molecular weight is 429 g/mol. The van der Waals surface area contributed by atoms with Gasteiger partial charge in [0, 0.05) is 26.1 Å². The van der Waals surface area contributed by atoms with E-state index in [9.17, 15) is 31.2 Å². The zero-order chi connectivity index (χ0) is 21.4. The van der Waals surface area contributed by atoms with Crippen molar-refractivity contribution in [2.24, 2.45) is 0 Å². The minimum atomic E-state index is -4.10. The summed E-state index contributed by atoms with van der Waals surface area (Å²) in [6, 6.07) is 7.57. The zero-order valence-corrected chi connectivity index (χ0v) is 15.9. The van der Waals surface area contributed by atoms with Gasteiger partial charge in [-0.1, -0.05) is 12.1 Å². The third-order valence-corrected chi connectivity index (χ3v) is 5.16. The minimum absolute atomic E-state index is 0.0412. The van der Waals surface area contributed by atoms with Crippen LogP contribution in [0.25, 0.3) is 0 Å². The Kier molecular flexibility index (Phi) is 7.74. The van der Waals surface area contributed by atoms with Crippen molar-refractivity contribution in [3.8, 4) is 0 Å². The van der Waals surface area contributed by atoms with Crippen molar-refractivity contribution in [1.29, 1.82) is 0 Å². The molecule has 2 amide bonds. The number of hydrogen-bond acceptors (Lipinski definition) is 4. The standard InChI is InChI=1S/C18H18F3N3O4S/c19-14-4-2-1-3-13(14)18(26)23-10-9-22-17(25)7-8-24-29(27,28)12-5-6-15(20)16(21)11-12/h1-6,11,24H,7-10H2,(H,22,25)(H,23,26). The number of carbonyl (C=O) groups is 2. The molecule has 0 spiro atoms. The molecular formula is C18H18F3N3O4S. The molecule has 0 bridgehead atoms. The summed E-state index contributed by atoms with van der Waals surface area (Å²) in [5.74, 6) is -4.27. The van der Waals surface area contributed by atoms with Crippen LogP contribution >= 0.6 is 0 Å². The van der Waals surface area contributed by atoms with E-state index < -0.39 is 44.2 Å². The molecule has 0 saturated carbocycles. The third kappa shape index (κ3) is 6.57. The van der Waals surface area contributed by atoms with Crippen LogP contribution in [0.3, 0.4) is 0 Å². The van der Waals surface area contributed by atoms with E-state index in [1.165, 1.54) is 18.2 Å². The fourth-order valence-electron chi connectivity index (χ4n) is 2.23. The van der Waals surface area contributed by atoms with Crippen molar-refractivity contribution in [3.63, 3.8) is 0 Å². The molecule has 0 aliphatic rings. The smallest absolute Gasteiger partial charge is 0.254 e. The summed E-state index contributed by atoms with van der Waals surface area (Å²) in [7, 11) is -4.10. The lowest BCUT2D eigenvalue weighted by molar-refractivity contribution is -0.120. The van der Waals surface area contributed by atoms with E-state index in [2.05, 4.69) is 15.4 Å². The van der Waals surface area contributed by atoms with Crippen LogP contribution in [0.15, 0.2) is 47.4 Å². The average Bonchev–Trinajstić information content (AvgIpc) is 2.67. The first kappa shape index (κ1) is 22.4. The molecule has 0 aromatic heterocycles. The first-order valence-corrected chi connectivity index (χ1v) is 9.93. The Morgan fingerprint density at radius 1 is 0.828 bits per heavy atom. The molecule has 2 aromatic rings. The SMILES string of the molecule is O=C(CCNS(=O)(=O)c1ccc(F)c(F)c1)NCCNC(=O)c1ccccc1F. The lowest BCUT2D eigenvalue weighted by atomic mass is 10.2. The fraction of sp³-hybridized carbons (Fsp3) is 0.222. The minimum Gasteiger partial charge on any atom is -0.354 e. The van der Waals surface area contributed by atoms with E-state index in [0.717, 1.165) is 12.1 Å². The molecule has 0 fully saturated rings. The predicted octanol–water partition coefficient (Wildman–Crippen LogP) is 1.32. The highest BCUT2D eigenvalue weighted by molar-refractivity contribution is 7.89. The van der Waals surface area contributed by atoms with Crippen LogP contribution in [0.1, 0.15) is 16.8 Å². The van der Waals surface area contributed by atoms with E-state index in [-0.39, 0.29) is 31.6 Å². The van der Waals surface area contributed by atoms with E-state index >= 15 is 0 Å². The number of nitrogens with one attached hydrogen (secondary N) is 3. The number of sulfonamides is 1. The largest absolute Gasteiger partial charge is 0.354 e. The summed E-state index contributed by atoms with van der Waals surface area (Å²) < 4.78 is 65.5. The van der Waals surface area contributed by atoms with Crippen LogP contribution in [-0.2, 0) is 14.8 Å². The van der Waals surface area contributed by atoms with Gasteiger partial charge in [-0.25, -0.2) is 26.3 Å². The van der Waals surface area contributed by atoms with Gasteiger partial charge in [0.2, 0.25) is 15.9 Å². The van der Waals surface area contributed by atoms with Gasteiger partial charge in [-0.15, -0.1) is 0 Å². The monoisotopic (exact) mass is 429 g/mol. The van der Waals surface area contributed by atoms with Gasteiger partial charge in [0.15, 0.2) is 11.6 Å². The highest BCUT2D eigenvalue weighted by atomic mass is 32.2. The Morgan fingerprint density at radius 3 is 2.21 bits per heavy atom. The Hall–Kier alpha value is -2.92. The molecule has 0 saturated heterocycles. The van der Waals surface area contributed by atoms with Crippen molar-refractivity contribution in [2.45, 2.75) is 11.3 Å². The highest BCUT2D eigenvalue weighted by Gasteiger charge is 2.16. The molecule has 2 rings (SSSR count). The van der Waals surface area contributed by atoms with Crippen molar-refractivity contribution >= 4 is 21.8 Å². The lowest BCUT2D eigenvalue weighted by Crippen LogP contribution is -2.36. The van der Waals surface area contributed by atoms with Gasteiger partial charge in [0.05, 0.1) is 10.5 Å². The third-order valence-electron chi connectivity index (χ3n) is 3.70. The Balaban J connectivity index is 1.70. The first-order chi connectivity index (χ1) is 13.7. The number of hydrogen-bond donors (Lipinski definition) is 3. The van der Waals surface area contributed by atoms with Gasteiger partial charge in [-0.05, 0) is 30.3 Å². The van der Waals surface area contributed by atoms with Gasteiger partial charge in [0.25, 0.3) is 5.91 Å². The van der Waals surface area contributed by atoms with Crippen molar-refractivity contribution in [1.82, 2.24) is 15.4 Å². The van der Waals surface area contributed by atoms with Crippen molar-refractivity contribution in [3.05, 3.63) is 65.5 Å². The highest BCUT2D eigenvalue weighted by Crippen LogP contribution is 2.13. The predicted molar refractivity (Wildman–Crippen MR) is 97.9 cm³/mol. The maximum Gasteiger partial charge on any atom is 0.254 e. The van der Waals surface area contributed by atoms with Crippen LogP contribution in [0.4, 0.5) is 13.2 Å². The quantitative estimate of drug-likeness (QED) is 0.523. The Labute approximate surface area is 165 Å². The Morgan fingerprint density at radius 2 is 1.52 bits per heavy atom. The molecule has 0 heterocycles. The molecule has 156 valence electrons. The maximum absolute atomic E-state index is 13.5. The topological polar surface area (TPSA) is 104 Å². The molecule has 0 aliphatic heterocycles. The number of rotatable bonds is 9. The zero-order valence-electron chi connectivity index (χ0n) is 15.0. The summed E-state index contributed by atoms with van der Waals surface area (Å²) in [6.45, 7) is -0.177. The van der Waals surface area contributed by atoms with Crippen LogP contribution in [0.5, 0.6) is 0 Å². The lowest BCUT2D eigenvalue weighted by Gasteiger charge is -2.09. The molecule has 3 N–H and O–H groups in total. The van der Waals surface area contributed by atoms with Crippen molar-refractivity contribution in [2.75, 3.05) is 19.6 Å². The van der Waals surface area contributed by atoms with E-state index in [4.69, 9.17) is 0 Å². The van der Waals surface area contributed by atoms with Crippen molar-refractivity contribution < 1.29 is 31.2 Å². The molecule has 0 radical (unpaired) electrons.